The Morgan fingerprint density at radius 2 is 1.96 bits per heavy atom. The molecule has 1 N–H and O–H groups in total. The molecule has 1 aromatic carbocycles. The molecule has 9 nitrogen and oxygen atoms in total. The van der Waals surface area contributed by atoms with Gasteiger partial charge >= 0.3 is 0 Å². The van der Waals surface area contributed by atoms with Gasteiger partial charge in [0.15, 0.2) is 15.8 Å². The van der Waals surface area contributed by atoms with E-state index in [-0.39, 0.29) is 18.6 Å². The van der Waals surface area contributed by atoms with Gasteiger partial charge in [0.05, 0.1) is 5.75 Å². The Labute approximate surface area is 170 Å². The largest absolute Gasteiger partial charge is 0.454 e. The molecule has 0 aliphatic carbocycles. The molecule has 1 aromatic heterocycles. The van der Waals surface area contributed by atoms with Crippen LogP contribution in [0.1, 0.15) is 10.4 Å². The van der Waals surface area contributed by atoms with Gasteiger partial charge in [-0.2, -0.15) is 0 Å². The van der Waals surface area contributed by atoms with Crippen molar-refractivity contribution in [2.24, 2.45) is 0 Å². The minimum Gasteiger partial charge on any atom is -0.454 e. The van der Waals surface area contributed by atoms with Crippen molar-refractivity contribution in [3.63, 3.8) is 0 Å². The summed E-state index contributed by atoms with van der Waals surface area (Å²) in [6, 6.07) is 5.27. The highest BCUT2D eigenvalue weighted by Crippen LogP contribution is 2.33. The highest BCUT2D eigenvalue weighted by molar-refractivity contribution is 8.01. The van der Waals surface area contributed by atoms with Crippen LogP contribution in [0.2, 0.25) is 0 Å². The normalized spacial score (nSPS) is 15.6. The van der Waals surface area contributed by atoms with Crippen molar-refractivity contribution in [3.8, 4) is 11.5 Å². The molecule has 28 heavy (non-hydrogen) atoms. The number of rotatable bonds is 5. The molecule has 2 aliphatic rings. The first kappa shape index (κ1) is 18.8. The first-order valence-electron chi connectivity index (χ1n) is 8.75. The Morgan fingerprint density at radius 1 is 1.18 bits per heavy atom. The van der Waals surface area contributed by atoms with Crippen LogP contribution in [0.3, 0.4) is 0 Å². The van der Waals surface area contributed by atoms with Gasteiger partial charge in [-0.1, -0.05) is 23.1 Å². The number of benzene rings is 1. The summed E-state index contributed by atoms with van der Waals surface area (Å²) in [6.07, 6.45) is 0. The number of amides is 2. The van der Waals surface area contributed by atoms with Crippen LogP contribution in [-0.2, 0) is 4.79 Å². The number of fused-ring (bicyclic) bond motifs is 1. The van der Waals surface area contributed by atoms with Crippen LogP contribution in [0.15, 0.2) is 22.5 Å². The first-order valence-corrected chi connectivity index (χ1v) is 10.5. The molecule has 4 rings (SSSR count). The molecule has 1 saturated heterocycles. The van der Waals surface area contributed by atoms with Gasteiger partial charge < -0.3 is 24.6 Å². The number of hydrogen-bond donors (Lipinski definition) is 1. The maximum absolute atomic E-state index is 12.8. The Bertz CT molecular complexity index is 882. The summed E-state index contributed by atoms with van der Waals surface area (Å²) < 4.78 is 11.4. The van der Waals surface area contributed by atoms with E-state index < -0.39 is 0 Å². The fourth-order valence-corrected chi connectivity index (χ4v) is 4.67. The van der Waals surface area contributed by atoms with Crippen LogP contribution >= 0.6 is 23.1 Å². The number of aromatic nitrogens is 2. The molecule has 2 aromatic rings. The van der Waals surface area contributed by atoms with Gasteiger partial charge in [0.1, 0.15) is 0 Å². The number of thioether (sulfide) groups is 1. The Kier molecular flexibility index (Phi) is 5.53. The number of anilines is 1. The van der Waals surface area contributed by atoms with Crippen LogP contribution in [0.5, 0.6) is 11.5 Å². The standard InChI is InChI=1S/C17H19N5O4S2/c1-18-14(23)9-27-17-20-19-16(28-17)22-6-4-21(5-7-22)15(24)11-2-3-12-13(8-11)26-10-25-12/h2-3,8H,4-7,9-10H2,1H3,(H,18,23). The smallest absolute Gasteiger partial charge is 0.254 e. The molecule has 0 spiro atoms. The fraction of sp³-hybridized carbons (Fsp3) is 0.412. The minimum atomic E-state index is -0.0441. The second-order valence-corrected chi connectivity index (χ2v) is 8.34. The molecule has 1 fully saturated rings. The lowest BCUT2D eigenvalue weighted by atomic mass is 10.1. The van der Waals surface area contributed by atoms with Crippen molar-refractivity contribution in [2.45, 2.75) is 4.34 Å². The zero-order valence-corrected chi connectivity index (χ0v) is 16.8. The number of nitrogens with one attached hydrogen (secondary N) is 1. The Balaban J connectivity index is 1.32. The Morgan fingerprint density at radius 3 is 2.75 bits per heavy atom. The van der Waals surface area contributed by atoms with Crippen LogP contribution < -0.4 is 19.7 Å². The monoisotopic (exact) mass is 421 g/mol. The average Bonchev–Trinajstić information content (AvgIpc) is 3.40. The van der Waals surface area contributed by atoms with Crippen LogP contribution in [0, 0.1) is 0 Å². The van der Waals surface area contributed by atoms with Crippen molar-refractivity contribution in [2.75, 3.05) is 50.7 Å². The molecule has 3 heterocycles. The molecular formula is C17H19N5O4S2. The highest BCUT2D eigenvalue weighted by atomic mass is 32.2. The molecular weight excluding hydrogens is 402 g/mol. The van der Waals surface area contributed by atoms with E-state index in [2.05, 4.69) is 20.4 Å². The molecule has 148 valence electrons. The molecule has 0 radical (unpaired) electrons. The quantitative estimate of drug-likeness (QED) is 0.716. The molecule has 2 amide bonds. The lowest BCUT2D eigenvalue weighted by molar-refractivity contribution is -0.118. The third-order valence-electron chi connectivity index (χ3n) is 4.46. The Hall–Kier alpha value is -2.53. The summed E-state index contributed by atoms with van der Waals surface area (Å²) in [5, 5.41) is 11.8. The minimum absolute atomic E-state index is 0.0166. The fourth-order valence-electron chi connectivity index (χ4n) is 2.90. The van der Waals surface area contributed by atoms with Crippen molar-refractivity contribution >= 4 is 40.0 Å². The third kappa shape index (κ3) is 3.99. The van der Waals surface area contributed by atoms with Gasteiger partial charge in [-0.3, -0.25) is 9.59 Å². The summed E-state index contributed by atoms with van der Waals surface area (Å²) in [6.45, 7) is 2.77. The molecule has 0 atom stereocenters. The third-order valence-corrected chi connectivity index (χ3v) is 6.58. The zero-order chi connectivity index (χ0) is 19.5. The predicted octanol–water partition coefficient (Wildman–Crippen LogP) is 1.07. The van der Waals surface area contributed by atoms with Crippen molar-refractivity contribution in [1.29, 1.82) is 0 Å². The van der Waals surface area contributed by atoms with E-state index in [1.807, 2.05) is 4.90 Å². The van der Waals surface area contributed by atoms with Crippen LogP contribution in [0.4, 0.5) is 5.13 Å². The average molecular weight is 422 g/mol. The summed E-state index contributed by atoms with van der Waals surface area (Å²) in [7, 11) is 1.61. The number of piperazine rings is 1. The second kappa shape index (κ2) is 8.23. The van der Waals surface area contributed by atoms with Crippen LogP contribution in [0.25, 0.3) is 0 Å². The maximum Gasteiger partial charge on any atom is 0.254 e. The second-order valence-electron chi connectivity index (χ2n) is 6.16. The number of hydrogen-bond acceptors (Lipinski definition) is 9. The predicted molar refractivity (Wildman–Crippen MR) is 105 cm³/mol. The van der Waals surface area contributed by atoms with E-state index in [0.717, 1.165) is 9.47 Å². The van der Waals surface area contributed by atoms with Crippen molar-refractivity contribution in [3.05, 3.63) is 23.8 Å². The highest BCUT2D eigenvalue weighted by Gasteiger charge is 2.25. The number of carbonyl (C=O) groups excluding carboxylic acids is 2. The maximum atomic E-state index is 12.8. The lowest BCUT2D eigenvalue weighted by Crippen LogP contribution is -2.48. The van der Waals surface area contributed by atoms with Gasteiger partial charge in [-0.25, -0.2) is 0 Å². The summed E-state index contributed by atoms with van der Waals surface area (Å²) >= 11 is 2.83. The number of carbonyl (C=O) groups is 2. The molecule has 11 heteroatoms. The summed E-state index contributed by atoms with van der Waals surface area (Å²) in [5.41, 5.74) is 0.599. The zero-order valence-electron chi connectivity index (χ0n) is 15.2. The van der Waals surface area contributed by atoms with E-state index in [9.17, 15) is 9.59 Å². The van der Waals surface area contributed by atoms with Gasteiger partial charge in [0.25, 0.3) is 5.91 Å². The van der Waals surface area contributed by atoms with Crippen molar-refractivity contribution in [1.82, 2.24) is 20.4 Å². The van der Waals surface area contributed by atoms with E-state index in [1.54, 1.807) is 25.2 Å². The summed E-state index contributed by atoms with van der Waals surface area (Å²) in [5.74, 6) is 1.54. The number of nitrogens with zero attached hydrogens (tertiary/aromatic N) is 4. The first-order chi connectivity index (χ1) is 13.6. The van der Waals surface area contributed by atoms with E-state index >= 15 is 0 Å². The summed E-state index contributed by atoms with van der Waals surface area (Å²) in [4.78, 5) is 28.0. The molecule has 0 saturated carbocycles. The van der Waals surface area contributed by atoms with Gasteiger partial charge in [-0.15, -0.1) is 10.2 Å². The topological polar surface area (TPSA) is 96.9 Å². The molecule has 2 aliphatic heterocycles. The van der Waals surface area contributed by atoms with E-state index in [0.29, 0.717) is 49.0 Å². The SMILES string of the molecule is CNC(=O)CSc1nnc(N2CCN(C(=O)c3ccc4c(c3)OCO4)CC2)s1. The molecule has 0 bridgehead atoms. The van der Waals surface area contributed by atoms with Gasteiger partial charge in [-0.05, 0) is 18.2 Å². The molecule has 0 unspecified atom stereocenters. The van der Waals surface area contributed by atoms with E-state index in [4.69, 9.17) is 9.47 Å². The number of ether oxygens (including phenoxy) is 2. The van der Waals surface area contributed by atoms with E-state index in [1.165, 1.54) is 23.1 Å². The lowest BCUT2D eigenvalue weighted by Gasteiger charge is -2.34. The van der Waals surface area contributed by atoms with Crippen molar-refractivity contribution < 1.29 is 19.1 Å². The van der Waals surface area contributed by atoms with Gasteiger partial charge in [0, 0.05) is 38.8 Å². The van der Waals surface area contributed by atoms with Gasteiger partial charge in [0.2, 0.25) is 17.8 Å². The van der Waals surface area contributed by atoms with Crippen LogP contribution in [-0.4, -0.2) is 72.7 Å².